The molecule has 1 aliphatic rings. The Hall–Kier alpha value is -1.50. The molecule has 0 radical (unpaired) electrons. The van der Waals surface area contributed by atoms with Gasteiger partial charge in [-0.2, -0.15) is 0 Å². The maximum atomic E-state index is 12.5. The second kappa shape index (κ2) is 9.62. The van der Waals surface area contributed by atoms with Crippen molar-refractivity contribution in [2.75, 3.05) is 25.0 Å². The number of rotatable bonds is 5. The summed E-state index contributed by atoms with van der Waals surface area (Å²) in [5.74, 6) is -0.186. The molecule has 1 fully saturated rings. The van der Waals surface area contributed by atoms with Crippen LogP contribution in [0.3, 0.4) is 0 Å². The summed E-state index contributed by atoms with van der Waals surface area (Å²) in [7, 11) is 0. The number of para-hydroxylation sites is 1. The largest absolute Gasteiger partial charge is 0.444 e. The number of likely N-dealkylation sites (tertiary alicyclic amines) is 1. The predicted molar refractivity (Wildman–Crippen MR) is 109 cm³/mol. The van der Waals surface area contributed by atoms with Crippen molar-refractivity contribution in [1.29, 1.82) is 0 Å². The summed E-state index contributed by atoms with van der Waals surface area (Å²) in [5.41, 5.74) is -0.115. The van der Waals surface area contributed by atoms with Crippen LogP contribution in [0.25, 0.3) is 0 Å². The van der Waals surface area contributed by atoms with Crippen LogP contribution in [0.4, 0.5) is 10.5 Å². The maximum Gasteiger partial charge on any atom is 0.407 e. The summed E-state index contributed by atoms with van der Waals surface area (Å²) in [6.07, 6.45) is 2.55. The van der Waals surface area contributed by atoms with Gasteiger partial charge in [0, 0.05) is 12.6 Å². The molecule has 2 N–H and O–H groups in total. The highest BCUT2D eigenvalue weighted by Crippen LogP contribution is 2.29. The third-order valence-electron chi connectivity index (χ3n) is 4.20. The lowest BCUT2D eigenvalue weighted by Gasteiger charge is -2.35. The molecule has 0 saturated carbocycles. The van der Waals surface area contributed by atoms with Crippen molar-refractivity contribution < 1.29 is 14.3 Å². The molecule has 0 spiro atoms. The molecule has 2 rings (SSSR count). The molecule has 0 bridgehead atoms. The summed E-state index contributed by atoms with van der Waals surface area (Å²) in [4.78, 5) is 26.4. The number of hydrogen-bond donors (Lipinski definition) is 2. The molecule has 1 heterocycles. The molecular formula is C19H27Cl2N3O3. The number of anilines is 1. The van der Waals surface area contributed by atoms with E-state index in [-0.39, 0.29) is 18.5 Å². The van der Waals surface area contributed by atoms with Crippen LogP contribution in [0.5, 0.6) is 0 Å². The third-order valence-corrected chi connectivity index (χ3v) is 4.83. The van der Waals surface area contributed by atoms with E-state index in [2.05, 4.69) is 15.5 Å². The van der Waals surface area contributed by atoms with E-state index < -0.39 is 11.7 Å². The van der Waals surface area contributed by atoms with Crippen molar-refractivity contribution in [3.8, 4) is 0 Å². The van der Waals surface area contributed by atoms with Crippen LogP contribution in [0.2, 0.25) is 10.0 Å². The van der Waals surface area contributed by atoms with Gasteiger partial charge in [-0.05, 0) is 52.3 Å². The number of piperidine rings is 1. The van der Waals surface area contributed by atoms with Gasteiger partial charge in [0.25, 0.3) is 0 Å². The van der Waals surface area contributed by atoms with Gasteiger partial charge in [0.1, 0.15) is 5.60 Å². The van der Waals surface area contributed by atoms with Crippen LogP contribution in [0, 0.1) is 0 Å². The van der Waals surface area contributed by atoms with Gasteiger partial charge in [0.15, 0.2) is 0 Å². The van der Waals surface area contributed by atoms with Gasteiger partial charge in [-0.25, -0.2) is 4.79 Å². The Morgan fingerprint density at radius 3 is 2.52 bits per heavy atom. The monoisotopic (exact) mass is 415 g/mol. The zero-order valence-electron chi connectivity index (χ0n) is 16.0. The van der Waals surface area contributed by atoms with Crippen LogP contribution >= 0.6 is 23.2 Å². The number of nitrogens with one attached hydrogen (secondary N) is 2. The first-order chi connectivity index (χ1) is 12.7. The number of halogens is 2. The molecule has 150 valence electrons. The first-order valence-corrected chi connectivity index (χ1v) is 9.86. The lowest BCUT2D eigenvalue weighted by molar-refractivity contribution is -0.118. The topological polar surface area (TPSA) is 70.7 Å². The van der Waals surface area contributed by atoms with E-state index in [0.29, 0.717) is 22.3 Å². The highest BCUT2D eigenvalue weighted by molar-refractivity contribution is 6.39. The molecule has 1 aliphatic heterocycles. The number of alkyl carbamates (subject to hydrolysis) is 1. The number of benzene rings is 1. The summed E-state index contributed by atoms with van der Waals surface area (Å²) in [5, 5.41) is 6.39. The van der Waals surface area contributed by atoms with Gasteiger partial charge < -0.3 is 15.4 Å². The van der Waals surface area contributed by atoms with E-state index in [9.17, 15) is 9.59 Å². The van der Waals surface area contributed by atoms with E-state index in [1.165, 1.54) is 0 Å². The molecule has 2 amide bonds. The zero-order chi connectivity index (χ0) is 20.0. The summed E-state index contributed by atoms with van der Waals surface area (Å²) in [6, 6.07) is 5.16. The number of carbonyl (C=O) groups is 2. The predicted octanol–water partition coefficient (Wildman–Crippen LogP) is 4.31. The molecule has 0 aliphatic carbocycles. The molecular weight excluding hydrogens is 389 g/mol. The molecule has 8 heteroatoms. The highest BCUT2D eigenvalue weighted by Gasteiger charge is 2.26. The highest BCUT2D eigenvalue weighted by atomic mass is 35.5. The van der Waals surface area contributed by atoms with E-state index >= 15 is 0 Å². The summed E-state index contributed by atoms with van der Waals surface area (Å²) >= 11 is 12.2. The van der Waals surface area contributed by atoms with Gasteiger partial charge >= 0.3 is 6.09 Å². The molecule has 1 aromatic carbocycles. The van der Waals surface area contributed by atoms with Gasteiger partial charge in [0.2, 0.25) is 5.91 Å². The Morgan fingerprint density at radius 2 is 1.89 bits per heavy atom. The Kier molecular flexibility index (Phi) is 7.77. The van der Waals surface area contributed by atoms with E-state index in [4.69, 9.17) is 27.9 Å². The smallest absolute Gasteiger partial charge is 0.407 e. The summed E-state index contributed by atoms with van der Waals surface area (Å²) in [6.45, 7) is 6.92. The first-order valence-electron chi connectivity index (χ1n) is 9.10. The number of amides is 2. The molecule has 1 saturated heterocycles. The number of nitrogens with zero attached hydrogens (tertiary/aromatic N) is 1. The normalized spacial score (nSPS) is 18.0. The Labute approximate surface area is 170 Å². The Morgan fingerprint density at radius 1 is 1.22 bits per heavy atom. The number of hydrogen-bond acceptors (Lipinski definition) is 4. The molecule has 0 aromatic heterocycles. The fourth-order valence-electron chi connectivity index (χ4n) is 3.00. The fourth-order valence-corrected chi connectivity index (χ4v) is 3.49. The summed E-state index contributed by atoms with van der Waals surface area (Å²) < 4.78 is 5.27. The molecule has 1 atom stereocenters. The van der Waals surface area contributed by atoms with Crippen LogP contribution in [-0.4, -0.2) is 48.2 Å². The van der Waals surface area contributed by atoms with Crippen LogP contribution < -0.4 is 10.6 Å². The Bertz CT molecular complexity index is 656. The van der Waals surface area contributed by atoms with Crippen LogP contribution in [0.15, 0.2) is 18.2 Å². The average Bonchev–Trinajstić information content (AvgIpc) is 2.56. The van der Waals surface area contributed by atoms with Crippen molar-refractivity contribution >= 4 is 40.9 Å². The van der Waals surface area contributed by atoms with Crippen molar-refractivity contribution in [2.24, 2.45) is 0 Å². The van der Waals surface area contributed by atoms with Crippen molar-refractivity contribution in [3.05, 3.63) is 28.2 Å². The zero-order valence-corrected chi connectivity index (χ0v) is 17.5. The van der Waals surface area contributed by atoms with Crippen LogP contribution in [-0.2, 0) is 9.53 Å². The van der Waals surface area contributed by atoms with Crippen molar-refractivity contribution in [2.45, 2.75) is 51.7 Å². The van der Waals surface area contributed by atoms with Crippen molar-refractivity contribution in [1.82, 2.24) is 10.2 Å². The Balaban J connectivity index is 1.91. The van der Waals surface area contributed by atoms with Gasteiger partial charge in [-0.15, -0.1) is 0 Å². The standard InChI is InChI=1S/C19H27Cl2N3O3/c1-19(2,3)27-18(26)22-11-13-7-4-5-10-24(13)12-16(25)23-17-14(20)8-6-9-15(17)21/h6,8-9,13H,4-5,7,10-12H2,1-3H3,(H,22,26)(H,23,25). The molecule has 1 aromatic rings. The minimum absolute atomic E-state index is 0.0822. The lowest BCUT2D eigenvalue weighted by Crippen LogP contribution is -2.49. The van der Waals surface area contributed by atoms with Gasteiger partial charge in [-0.1, -0.05) is 35.7 Å². The van der Waals surface area contributed by atoms with Crippen molar-refractivity contribution in [3.63, 3.8) is 0 Å². The fraction of sp³-hybridized carbons (Fsp3) is 0.579. The SMILES string of the molecule is CC(C)(C)OC(=O)NCC1CCCCN1CC(=O)Nc1c(Cl)cccc1Cl. The lowest BCUT2D eigenvalue weighted by atomic mass is 10.0. The minimum atomic E-state index is -0.537. The van der Waals surface area contributed by atoms with E-state index in [0.717, 1.165) is 25.8 Å². The molecule has 6 nitrogen and oxygen atoms in total. The molecule has 27 heavy (non-hydrogen) atoms. The quantitative estimate of drug-likeness (QED) is 0.751. The molecule has 1 unspecified atom stereocenters. The van der Waals surface area contributed by atoms with Gasteiger partial charge in [-0.3, -0.25) is 9.69 Å². The maximum absolute atomic E-state index is 12.5. The number of carbonyl (C=O) groups excluding carboxylic acids is 2. The minimum Gasteiger partial charge on any atom is -0.444 e. The second-order valence-electron chi connectivity index (χ2n) is 7.65. The second-order valence-corrected chi connectivity index (χ2v) is 8.46. The third kappa shape index (κ3) is 7.20. The van der Waals surface area contributed by atoms with E-state index in [1.54, 1.807) is 18.2 Å². The van der Waals surface area contributed by atoms with Gasteiger partial charge in [0.05, 0.1) is 22.3 Å². The van der Waals surface area contributed by atoms with E-state index in [1.807, 2.05) is 20.8 Å². The first kappa shape index (κ1) is 21.8. The van der Waals surface area contributed by atoms with Crippen LogP contribution in [0.1, 0.15) is 40.0 Å². The average molecular weight is 416 g/mol. The number of ether oxygens (including phenoxy) is 1.